The summed E-state index contributed by atoms with van der Waals surface area (Å²) in [5, 5.41) is 11.7. The van der Waals surface area contributed by atoms with Crippen LogP contribution in [-0.4, -0.2) is 39.9 Å². The van der Waals surface area contributed by atoms with Crippen molar-refractivity contribution in [3.63, 3.8) is 0 Å². The molecule has 0 amide bonds. The van der Waals surface area contributed by atoms with E-state index in [0.29, 0.717) is 26.2 Å². The summed E-state index contributed by atoms with van der Waals surface area (Å²) in [6, 6.07) is 17.9. The fraction of sp³-hybridized carbons (Fsp3) is 0.280. The van der Waals surface area contributed by atoms with Gasteiger partial charge in [0.05, 0.1) is 18.3 Å². The maximum atomic E-state index is 11.4. The largest absolute Gasteiger partial charge is 0.492 e. The number of para-hydroxylation sites is 1. The van der Waals surface area contributed by atoms with Gasteiger partial charge in [-0.05, 0) is 36.2 Å². The maximum absolute atomic E-state index is 11.4. The minimum atomic E-state index is -0.936. The van der Waals surface area contributed by atoms with E-state index in [1.165, 1.54) is 10.8 Å². The number of benzene rings is 2. The number of carbonyl (C=O) groups is 1. The molecule has 0 fully saturated rings. The lowest BCUT2D eigenvalue weighted by atomic mass is 10.1. The fourth-order valence-corrected chi connectivity index (χ4v) is 3.80. The van der Waals surface area contributed by atoms with E-state index >= 15 is 0 Å². The monoisotopic (exact) mass is 418 g/mol. The zero-order valence-electron chi connectivity index (χ0n) is 17.5. The van der Waals surface area contributed by atoms with Crippen molar-refractivity contribution >= 4 is 27.8 Å². The molecule has 1 N–H and O–H groups in total. The van der Waals surface area contributed by atoms with Crippen molar-refractivity contribution in [1.82, 2.24) is 9.55 Å². The lowest BCUT2D eigenvalue weighted by Crippen LogP contribution is -2.26. The first kappa shape index (κ1) is 20.9. The van der Waals surface area contributed by atoms with Crippen LogP contribution in [0.15, 0.2) is 67.0 Å². The third-order valence-corrected chi connectivity index (χ3v) is 5.30. The molecule has 4 aromatic rings. The normalized spacial score (nSPS) is 12.3. The molecule has 6 nitrogen and oxygen atoms in total. The van der Waals surface area contributed by atoms with E-state index in [9.17, 15) is 9.90 Å². The molecule has 0 spiro atoms. The van der Waals surface area contributed by atoms with Crippen LogP contribution in [0.1, 0.15) is 18.9 Å². The van der Waals surface area contributed by atoms with Crippen LogP contribution in [0, 0.1) is 0 Å². The number of carboxylic acid groups (broad SMARTS) is 1. The van der Waals surface area contributed by atoms with Gasteiger partial charge in [-0.25, -0.2) is 4.79 Å². The van der Waals surface area contributed by atoms with E-state index < -0.39 is 12.1 Å². The Balaban J connectivity index is 1.41. The van der Waals surface area contributed by atoms with Crippen molar-refractivity contribution in [2.75, 3.05) is 13.2 Å². The Hall–Kier alpha value is -3.38. The minimum Gasteiger partial charge on any atom is -0.492 e. The van der Waals surface area contributed by atoms with Gasteiger partial charge in [-0.2, -0.15) is 0 Å². The summed E-state index contributed by atoms with van der Waals surface area (Å²) in [5.41, 5.74) is 3.16. The number of pyridine rings is 1. The molecule has 2 aromatic heterocycles. The Morgan fingerprint density at radius 2 is 1.81 bits per heavy atom. The number of nitrogens with zero attached hydrogens (tertiary/aromatic N) is 2. The highest BCUT2D eigenvalue weighted by Gasteiger charge is 2.18. The molecule has 1 atom stereocenters. The second-order valence-corrected chi connectivity index (χ2v) is 7.46. The van der Waals surface area contributed by atoms with Crippen LogP contribution in [0.5, 0.6) is 5.75 Å². The summed E-state index contributed by atoms with van der Waals surface area (Å²) in [4.78, 5) is 15.6. The molecule has 0 aliphatic heterocycles. The molecule has 6 heteroatoms. The molecule has 0 aliphatic rings. The van der Waals surface area contributed by atoms with E-state index in [2.05, 4.69) is 21.7 Å². The first-order valence-corrected chi connectivity index (χ1v) is 10.5. The number of hydrogen-bond acceptors (Lipinski definition) is 4. The van der Waals surface area contributed by atoms with Crippen molar-refractivity contribution in [3.8, 4) is 5.75 Å². The second kappa shape index (κ2) is 9.62. The van der Waals surface area contributed by atoms with E-state index in [1.54, 1.807) is 0 Å². The highest BCUT2D eigenvalue weighted by molar-refractivity contribution is 6.07. The molecule has 0 saturated heterocycles. The minimum absolute atomic E-state index is 0.337. The van der Waals surface area contributed by atoms with Crippen molar-refractivity contribution < 1.29 is 19.4 Å². The Morgan fingerprint density at radius 3 is 2.58 bits per heavy atom. The zero-order chi connectivity index (χ0) is 21.6. The molecule has 4 rings (SSSR count). The van der Waals surface area contributed by atoms with Crippen LogP contribution in [0.4, 0.5) is 0 Å². The van der Waals surface area contributed by atoms with Crippen molar-refractivity contribution in [1.29, 1.82) is 0 Å². The van der Waals surface area contributed by atoms with E-state index in [1.807, 2.05) is 61.8 Å². The van der Waals surface area contributed by atoms with E-state index in [-0.39, 0.29) is 0 Å². The summed E-state index contributed by atoms with van der Waals surface area (Å²) in [6.07, 6.45) is 4.02. The van der Waals surface area contributed by atoms with Crippen molar-refractivity contribution in [2.24, 2.45) is 0 Å². The smallest absolute Gasteiger partial charge is 0.333 e. The lowest BCUT2D eigenvalue weighted by molar-refractivity contribution is -0.150. The van der Waals surface area contributed by atoms with Crippen LogP contribution in [-0.2, 0) is 22.5 Å². The Labute approximate surface area is 181 Å². The predicted octanol–water partition coefficient (Wildman–Crippen LogP) is 4.69. The molecule has 0 bridgehead atoms. The molecular formula is C25H26N2O4. The summed E-state index contributed by atoms with van der Waals surface area (Å²) in [5.74, 6) is -0.182. The summed E-state index contributed by atoms with van der Waals surface area (Å²) in [6.45, 7) is 3.61. The number of rotatable bonds is 10. The van der Waals surface area contributed by atoms with Crippen molar-refractivity contribution in [3.05, 3.63) is 72.6 Å². The lowest BCUT2D eigenvalue weighted by Gasteiger charge is -2.14. The van der Waals surface area contributed by atoms with Gasteiger partial charge in [-0.3, -0.25) is 4.98 Å². The van der Waals surface area contributed by atoms with Crippen LogP contribution in [0.3, 0.4) is 0 Å². The molecule has 160 valence electrons. The first-order valence-electron chi connectivity index (χ1n) is 10.5. The van der Waals surface area contributed by atoms with Gasteiger partial charge in [0.25, 0.3) is 0 Å². The number of aliphatic carboxylic acids is 1. The topological polar surface area (TPSA) is 73.6 Å². The highest BCUT2D eigenvalue weighted by Crippen LogP contribution is 2.28. The summed E-state index contributed by atoms with van der Waals surface area (Å²) < 4.78 is 13.6. The second-order valence-electron chi connectivity index (χ2n) is 7.46. The maximum Gasteiger partial charge on any atom is 0.333 e. The predicted molar refractivity (Wildman–Crippen MR) is 121 cm³/mol. The van der Waals surface area contributed by atoms with Gasteiger partial charge in [0.2, 0.25) is 0 Å². The Morgan fingerprint density at radius 1 is 1.03 bits per heavy atom. The molecule has 2 heterocycles. The fourth-order valence-electron chi connectivity index (χ4n) is 3.80. The third-order valence-electron chi connectivity index (χ3n) is 5.30. The quantitative estimate of drug-likeness (QED) is 0.404. The summed E-state index contributed by atoms with van der Waals surface area (Å²) in [7, 11) is 0. The number of carboxylic acids is 1. The van der Waals surface area contributed by atoms with Gasteiger partial charge >= 0.3 is 5.97 Å². The Bertz CT molecular complexity index is 1110. The van der Waals surface area contributed by atoms with E-state index in [0.717, 1.165) is 28.8 Å². The highest BCUT2D eigenvalue weighted by atomic mass is 16.5. The molecule has 0 radical (unpaired) electrons. The van der Waals surface area contributed by atoms with Crippen LogP contribution < -0.4 is 4.74 Å². The van der Waals surface area contributed by atoms with Gasteiger partial charge < -0.3 is 19.1 Å². The van der Waals surface area contributed by atoms with E-state index in [4.69, 9.17) is 9.47 Å². The Kier molecular flexibility index (Phi) is 6.48. The molecular weight excluding hydrogens is 392 g/mol. The number of fused-ring (bicyclic) bond motifs is 3. The van der Waals surface area contributed by atoms with Crippen LogP contribution in [0.2, 0.25) is 0 Å². The first-order chi connectivity index (χ1) is 15.2. The van der Waals surface area contributed by atoms with Crippen LogP contribution >= 0.6 is 0 Å². The number of hydrogen-bond donors (Lipinski definition) is 1. The van der Waals surface area contributed by atoms with Gasteiger partial charge in [0.15, 0.2) is 6.10 Å². The van der Waals surface area contributed by atoms with Crippen molar-refractivity contribution in [2.45, 2.75) is 32.4 Å². The average Bonchev–Trinajstić information content (AvgIpc) is 3.11. The third kappa shape index (κ3) is 4.70. The SMILES string of the molecule is CCCO[C@@H](Cc1ccc(OCCn2c3ccccc3c3ccncc32)cc1)C(=O)O. The molecule has 0 unspecified atom stereocenters. The standard InChI is InChI=1S/C25H26N2O4/c1-2-14-31-24(25(28)29)16-18-7-9-19(10-8-18)30-15-13-27-22-6-4-3-5-20(22)21-11-12-26-17-23(21)27/h3-12,17,24H,2,13-16H2,1H3,(H,28,29)/t24-/m0/s1. The number of aromatic nitrogens is 2. The average molecular weight is 418 g/mol. The van der Waals surface area contributed by atoms with Gasteiger partial charge in [0.1, 0.15) is 12.4 Å². The van der Waals surface area contributed by atoms with Gasteiger partial charge in [-0.15, -0.1) is 0 Å². The number of ether oxygens (including phenoxy) is 2. The molecule has 0 aliphatic carbocycles. The van der Waals surface area contributed by atoms with Crippen LogP contribution in [0.25, 0.3) is 21.8 Å². The molecule has 31 heavy (non-hydrogen) atoms. The molecule has 2 aromatic carbocycles. The molecule has 0 saturated carbocycles. The zero-order valence-corrected chi connectivity index (χ0v) is 17.5. The van der Waals surface area contributed by atoms with Gasteiger partial charge in [-0.1, -0.05) is 37.3 Å². The summed E-state index contributed by atoms with van der Waals surface area (Å²) >= 11 is 0. The van der Waals surface area contributed by atoms with Gasteiger partial charge in [0, 0.05) is 35.5 Å².